The van der Waals surface area contributed by atoms with Gasteiger partial charge in [0, 0.05) is 12.6 Å². The van der Waals surface area contributed by atoms with E-state index in [0.29, 0.717) is 6.04 Å². The molecule has 1 aromatic rings. The smallest absolute Gasteiger partial charge is 0.306 e. The van der Waals surface area contributed by atoms with Crippen LogP contribution in [0.25, 0.3) is 0 Å². The molecule has 0 aliphatic heterocycles. The van der Waals surface area contributed by atoms with Gasteiger partial charge >= 0.3 is 5.97 Å². The van der Waals surface area contributed by atoms with Crippen molar-refractivity contribution in [3.05, 3.63) is 35.4 Å². The first-order valence-corrected chi connectivity index (χ1v) is 6.05. The van der Waals surface area contributed by atoms with Gasteiger partial charge in [0.2, 0.25) is 0 Å². The van der Waals surface area contributed by atoms with Gasteiger partial charge in [-0.15, -0.1) is 0 Å². The van der Waals surface area contributed by atoms with E-state index in [4.69, 9.17) is 5.11 Å². The van der Waals surface area contributed by atoms with Crippen LogP contribution in [0.5, 0.6) is 0 Å². The Balaban J connectivity index is 1.86. The maximum absolute atomic E-state index is 10.7. The highest BCUT2D eigenvalue weighted by molar-refractivity contribution is 5.71. The quantitative estimate of drug-likeness (QED) is 0.867. The average Bonchev–Trinajstić information content (AvgIpc) is 2.13. The van der Waals surface area contributed by atoms with Crippen LogP contribution in [0.15, 0.2) is 24.3 Å². The van der Waals surface area contributed by atoms with Crippen LogP contribution in [-0.4, -0.2) is 29.1 Å². The molecule has 1 aromatic carbocycles. The Morgan fingerprint density at radius 2 is 2.18 bits per heavy atom. The Kier molecular flexibility index (Phi) is 3.48. The van der Waals surface area contributed by atoms with E-state index < -0.39 is 5.97 Å². The van der Waals surface area contributed by atoms with Gasteiger partial charge in [-0.2, -0.15) is 0 Å². The first-order valence-electron chi connectivity index (χ1n) is 6.05. The second-order valence-electron chi connectivity index (χ2n) is 5.06. The summed E-state index contributed by atoms with van der Waals surface area (Å²) in [5.74, 6) is -0.773. The Morgan fingerprint density at radius 1 is 1.47 bits per heavy atom. The largest absolute Gasteiger partial charge is 0.481 e. The van der Waals surface area contributed by atoms with Crippen LogP contribution in [-0.2, 0) is 11.3 Å². The van der Waals surface area contributed by atoms with Crippen molar-refractivity contribution in [2.24, 2.45) is 5.92 Å². The predicted octanol–water partition coefficient (Wildman–Crippen LogP) is 2.29. The summed E-state index contributed by atoms with van der Waals surface area (Å²) in [6.45, 7) is 2.99. The molecule has 1 saturated carbocycles. The third-order valence-corrected chi connectivity index (χ3v) is 3.60. The Bertz CT molecular complexity index is 410. The van der Waals surface area contributed by atoms with Gasteiger partial charge in [0.15, 0.2) is 0 Å². The number of carboxylic acids is 1. The number of hydrogen-bond donors (Lipinski definition) is 1. The summed E-state index contributed by atoms with van der Waals surface area (Å²) in [6.07, 6.45) is 1.58. The molecular weight excluding hydrogens is 214 g/mol. The Hall–Kier alpha value is -1.35. The number of aliphatic carboxylic acids is 1. The van der Waals surface area contributed by atoms with E-state index in [9.17, 15) is 4.79 Å². The van der Waals surface area contributed by atoms with Crippen molar-refractivity contribution < 1.29 is 9.90 Å². The van der Waals surface area contributed by atoms with Gasteiger partial charge in [-0.25, -0.2) is 0 Å². The topological polar surface area (TPSA) is 40.5 Å². The fourth-order valence-electron chi connectivity index (χ4n) is 2.38. The highest BCUT2D eigenvalue weighted by atomic mass is 16.4. The fourth-order valence-corrected chi connectivity index (χ4v) is 2.38. The maximum Gasteiger partial charge on any atom is 0.306 e. The molecular formula is C14H19NO2. The SMILES string of the molecule is Cc1cccc(CN(C)C2CC(C(=O)O)C2)c1. The minimum atomic E-state index is -0.648. The maximum atomic E-state index is 10.7. The van der Waals surface area contributed by atoms with Gasteiger partial charge in [-0.3, -0.25) is 9.69 Å². The lowest BCUT2D eigenvalue weighted by Crippen LogP contribution is -2.44. The van der Waals surface area contributed by atoms with E-state index in [1.165, 1.54) is 11.1 Å². The van der Waals surface area contributed by atoms with E-state index in [1.54, 1.807) is 0 Å². The third kappa shape index (κ3) is 2.86. The summed E-state index contributed by atoms with van der Waals surface area (Å²) in [6, 6.07) is 8.89. The minimum Gasteiger partial charge on any atom is -0.481 e. The highest BCUT2D eigenvalue weighted by Gasteiger charge is 2.36. The van der Waals surface area contributed by atoms with Gasteiger partial charge in [-0.1, -0.05) is 29.8 Å². The van der Waals surface area contributed by atoms with Crippen molar-refractivity contribution in [1.29, 1.82) is 0 Å². The van der Waals surface area contributed by atoms with Crippen molar-refractivity contribution in [1.82, 2.24) is 4.90 Å². The first-order chi connectivity index (χ1) is 8.06. The number of aryl methyl sites for hydroxylation is 1. The lowest BCUT2D eigenvalue weighted by Gasteiger charge is -2.39. The first kappa shape index (κ1) is 12.1. The van der Waals surface area contributed by atoms with Gasteiger partial charge in [-0.05, 0) is 32.4 Å². The molecule has 1 fully saturated rings. The molecule has 0 aromatic heterocycles. The van der Waals surface area contributed by atoms with Crippen LogP contribution in [0.4, 0.5) is 0 Å². The summed E-state index contributed by atoms with van der Waals surface area (Å²) in [5, 5.41) is 8.84. The van der Waals surface area contributed by atoms with Gasteiger partial charge in [0.25, 0.3) is 0 Å². The zero-order valence-electron chi connectivity index (χ0n) is 10.4. The van der Waals surface area contributed by atoms with Crippen molar-refractivity contribution in [3.8, 4) is 0 Å². The summed E-state index contributed by atoms with van der Waals surface area (Å²) in [5.41, 5.74) is 2.57. The number of rotatable bonds is 4. The molecule has 0 heterocycles. The van der Waals surface area contributed by atoms with Crippen LogP contribution in [0, 0.1) is 12.8 Å². The van der Waals surface area contributed by atoms with Gasteiger partial charge < -0.3 is 5.11 Å². The molecule has 0 spiro atoms. The molecule has 0 bridgehead atoms. The molecule has 0 saturated heterocycles. The van der Waals surface area contributed by atoms with Crippen LogP contribution in [0.1, 0.15) is 24.0 Å². The fraction of sp³-hybridized carbons (Fsp3) is 0.500. The van der Waals surface area contributed by atoms with Crippen LogP contribution in [0.3, 0.4) is 0 Å². The summed E-state index contributed by atoms with van der Waals surface area (Å²) < 4.78 is 0. The molecule has 1 aliphatic carbocycles. The van der Waals surface area contributed by atoms with Crippen LogP contribution >= 0.6 is 0 Å². The zero-order valence-corrected chi connectivity index (χ0v) is 10.4. The summed E-state index contributed by atoms with van der Waals surface area (Å²) in [4.78, 5) is 13.0. The molecule has 3 heteroatoms. The van der Waals surface area contributed by atoms with Crippen LogP contribution in [0.2, 0.25) is 0 Å². The number of carbonyl (C=O) groups is 1. The van der Waals surface area contributed by atoms with Crippen LogP contribution < -0.4 is 0 Å². The normalized spacial score (nSPS) is 23.5. The van der Waals surface area contributed by atoms with E-state index >= 15 is 0 Å². The second kappa shape index (κ2) is 4.88. The predicted molar refractivity (Wildman–Crippen MR) is 66.8 cm³/mol. The highest BCUT2D eigenvalue weighted by Crippen LogP contribution is 2.31. The van der Waals surface area contributed by atoms with E-state index in [-0.39, 0.29) is 5.92 Å². The molecule has 1 aliphatic rings. The molecule has 0 unspecified atom stereocenters. The molecule has 92 valence electrons. The molecule has 3 nitrogen and oxygen atoms in total. The zero-order chi connectivity index (χ0) is 12.4. The Labute approximate surface area is 102 Å². The lowest BCUT2D eigenvalue weighted by atomic mass is 9.79. The summed E-state index contributed by atoms with van der Waals surface area (Å²) >= 11 is 0. The second-order valence-corrected chi connectivity index (χ2v) is 5.06. The Morgan fingerprint density at radius 3 is 2.76 bits per heavy atom. The lowest BCUT2D eigenvalue weighted by molar-refractivity contribution is -0.146. The molecule has 17 heavy (non-hydrogen) atoms. The number of benzene rings is 1. The van der Waals surface area contributed by atoms with Gasteiger partial charge in [0.1, 0.15) is 0 Å². The van der Waals surface area contributed by atoms with E-state index in [2.05, 4.69) is 43.1 Å². The molecule has 0 amide bonds. The summed E-state index contributed by atoms with van der Waals surface area (Å²) in [7, 11) is 2.07. The van der Waals surface area contributed by atoms with Crippen molar-refractivity contribution in [2.75, 3.05) is 7.05 Å². The van der Waals surface area contributed by atoms with Crippen molar-refractivity contribution in [2.45, 2.75) is 32.4 Å². The molecule has 0 atom stereocenters. The van der Waals surface area contributed by atoms with E-state index in [1.807, 2.05) is 0 Å². The average molecular weight is 233 g/mol. The van der Waals surface area contributed by atoms with E-state index in [0.717, 1.165) is 19.4 Å². The number of nitrogens with zero attached hydrogens (tertiary/aromatic N) is 1. The minimum absolute atomic E-state index is 0.125. The standard InChI is InChI=1S/C14H19NO2/c1-10-4-3-5-11(6-10)9-15(2)13-7-12(8-13)14(16)17/h3-6,12-13H,7-9H2,1-2H3,(H,16,17). The number of carboxylic acid groups (broad SMARTS) is 1. The van der Waals surface area contributed by atoms with Crippen molar-refractivity contribution >= 4 is 5.97 Å². The molecule has 2 rings (SSSR count). The number of hydrogen-bond acceptors (Lipinski definition) is 2. The monoisotopic (exact) mass is 233 g/mol. The van der Waals surface area contributed by atoms with Gasteiger partial charge in [0.05, 0.1) is 5.92 Å². The molecule has 0 radical (unpaired) electrons. The third-order valence-electron chi connectivity index (χ3n) is 3.60. The molecule has 1 N–H and O–H groups in total. The van der Waals surface area contributed by atoms with Crippen molar-refractivity contribution in [3.63, 3.8) is 0 Å².